The Balaban J connectivity index is 1.56. The molecule has 4 aromatic rings. The molecule has 0 saturated heterocycles. The summed E-state index contributed by atoms with van der Waals surface area (Å²) in [6.45, 7) is 7.40. The molecule has 6 heteroatoms. The number of thiazole rings is 1. The number of aromatic nitrogens is 2. The third-order valence-corrected chi connectivity index (χ3v) is 5.43. The zero-order chi connectivity index (χ0) is 19.0. The third-order valence-electron chi connectivity index (χ3n) is 4.67. The fourth-order valence-corrected chi connectivity index (χ4v) is 4.04. The SMILES string of the molecule is CCCn1c(C)cc(-c2csc(NC(=O)c3cc4ccccc4o3)n2)c1C. The van der Waals surface area contributed by atoms with Crippen molar-refractivity contribution in [1.29, 1.82) is 0 Å². The number of aryl methyl sites for hydroxylation is 1. The van der Waals surface area contributed by atoms with Crippen LogP contribution in [-0.2, 0) is 6.54 Å². The molecule has 5 nitrogen and oxygen atoms in total. The zero-order valence-electron chi connectivity index (χ0n) is 15.6. The standard InChI is InChI=1S/C21H21N3O2S/c1-4-9-24-13(2)10-16(14(24)3)17-12-27-21(22-17)23-20(25)19-11-15-7-5-6-8-18(15)26-19/h5-8,10-12H,4,9H2,1-3H3,(H,22,23,25). The first-order valence-corrected chi connectivity index (χ1v) is 9.87. The van der Waals surface area contributed by atoms with Crippen LogP contribution < -0.4 is 5.32 Å². The molecule has 0 aliphatic heterocycles. The molecule has 27 heavy (non-hydrogen) atoms. The lowest BCUT2D eigenvalue weighted by Gasteiger charge is -2.07. The van der Waals surface area contributed by atoms with Crippen molar-refractivity contribution in [3.05, 3.63) is 58.9 Å². The first-order chi connectivity index (χ1) is 13.1. The minimum absolute atomic E-state index is 0.286. The van der Waals surface area contributed by atoms with Crippen molar-refractivity contribution in [2.24, 2.45) is 0 Å². The molecule has 1 aromatic carbocycles. The maximum absolute atomic E-state index is 12.5. The van der Waals surface area contributed by atoms with Gasteiger partial charge in [-0.2, -0.15) is 0 Å². The Labute approximate surface area is 161 Å². The smallest absolute Gasteiger partial charge is 0.293 e. The van der Waals surface area contributed by atoms with Gasteiger partial charge in [0.25, 0.3) is 5.91 Å². The summed E-state index contributed by atoms with van der Waals surface area (Å²) in [5, 5.41) is 6.30. The van der Waals surface area contributed by atoms with E-state index in [9.17, 15) is 4.79 Å². The Morgan fingerprint density at radius 2 is 2.07 bits per heavy atom. The van der Waals surface area contributed by atoms with E-state index in [-0.39, 0.29) is 11.7 Å². The Morgan fingerprint density at radius 3 is 2.85 bits per heavy atom. The van der Waals surface area contributed by atoms with Gasteiger partial charge < -0.3 is 8.98 Å². The molecular formula is C21H21N3O2S. The maximum atomic E-state index is 12.5. The predicted molar refractivity (Wildman–Crippen MR) is 109 cm³/mol. The number of anilines is 1. The van der Waals surface area contributed by atoms with Crippen LogP contribution >= 0.6 is 11.3 Å². The first kappa shape index (κ1) is 17.5. The van der Waals surface area contributed by atoms with E-state index in [0.29, 0.717) is 10.7 Å². The lowest BCUT2D eigenvalue weighted by Crippen LogP contribution is -2.10. The number of carbonyl (C=O) groups is 1. The molecule has 0 radical (unpaired) electrons. The summed E-state index contributed by atoms with van der Waals surface area (Å²) >= 11 is 1.42. The van der Waals surface area contributed by atoms with Gasteiger partial charge in [-0.15, -0.1) is 11.3 Å². The van der Waals surface area contributed by atoms with Crippen LogP contribution in [0.25, 0.3) is 22.2 Å². The van der Waals surface area contributed by atoms with Crippen LogP contribution in [-0.4, -0.2) is 15.5 Å². The van der Waals surface area contributed by atoms with Gasteiger partial charge in [0.2, 0.25) is 0 Å². The summed E-state index contributed by atoms with van der Waals surface area (Å²) in [6, 6.07) is 11.5. The average Bonchev–Trinajstić information content (AvgIpc) is 3.35. The van der Waals surface area contributed by atoms with Gasteiger partial charge in [-0.3, -0.25) is 10.1 Å². The van der Waals surface area contributed by atoms with Crippen LogP contribution in [0.15, 0.2) is 46.2 Å². The molecule has 0 atom stereocenters. The Hall–Kier alpha value is -2.86. The highest BCUT2D eigenvalue weighted by molar-refractivity contribution is 7.14. The van der Waals surface area contributed by atoms with Gasteiger partial charge in [-0.1, -0.05) is 25.1 Å². The van der Waals surface area contributed by atoms with Gasteiger partial charge >= 0.3 is 0 Å². The van der Waals surface area contributed by atoms with Crippen molar-refractivity contribution in [1.82, 2.24) is 9.55 Å². The van der Waals surface area contributed by atoms with Gasteiger partial charge in [0.1, 0.15) is 5.58 Å². The van der Waals surface area contributed by atoms with Crippen molar-refractivity contribution in [2.45, 2.75) is 33.7 Å². The highest BCUT2D eigenvalue weighted by Gasteiger charge is 2.16. The molecule has 3 heterocycles. The highest BCUT2D eigenvalue weighted by Crippen LogP contribution is 2.30. The maximum Gasteiger partial charge on any atom is 0.293 e. The summed E-state index contributed by atoms with van der Waals surface area (Å²) in [5.74, 6) is -0.00220. The molecule has 0 aliphatic carbocycles. The minimum atomic E-state index is -0.288. The van der Waals surface area contributed by atoms with Crippen molar-refractivity contribution in [3.8, 4) is 11.3 Å². The summed E-state index contributed by atoms with van der Waals surface area (Å²) in [6.07, 6.45) is 1.09. The lowest BCUT2D eigenvalue weighted by atomic mass is 10.2. The highest BCUT2D eigenvalue weighted by atomic mass is 32.1. The average molecular weight is 379 g/mol. The molecule has 0 unspecified atom stereocenters. The van der Waals surface area contributed by atoms with Gasteiger partial charge in [-0.25, -0.2) is 4.98 Å². The van der Waals surface area contributed by atoms with E-state index in [1.807, 2.05) is 29.6 Å². The number of hydrogen-bond acceptors (Lipinski definition) is 4. The molecule has 0 saturated carbocycles. The quantitative estimate of drug-likeness (QED) is 0.488. The van der Waals surface area contributed by atoms with Crippen LogP contribution in [0.4, 0.5) is 5.13 Å². The summed E-state index contributed by atoms with van der Waals surface area (Å²) in [7, 11) is 0. The Morgan fingerprint density at radius 1 is 1.26 bits per heavy atom. The second-order valence-corrected chi connectivity index (χ2v) is 7.44. The number of nitrogens with one attached hydrogen (secondary N) is 1. The summed E-state index contributed by atoms with van der Waals surface area (Å²) < 4.78 is 7.93. The number of amides is 1. The zero-order valence-corrected chi connectivity index (χ0v) is 16.4. The van der Waals surface area contributed by atoms with Crippen molar-refractivity contribution >= 4 is 33.3 Å². The fourth-order valence-electron chi connectivity index (χ4n) is 3.34. The van der Waals surface area contributed by atoms with E-state index in [1.54, 1.807) is 6.07 Å². The largest absolute Gasteiger partial charge is 0.451 e. The topological polar surface area (TPSA) is 60.1 Å². The molecule has 1 amide bonds. The van der Waals surface area contributed by atoms with Crippen molar-refractivity contribution < 1.29 is 9.21 Å². The number of nitrogens with zero attached hydrogens (tertiary/aromatic N) is 2. The number of carbonyl (C=O) groups excluding carboxylic acids is 1. The number of rotatable bonds is 5. The normalized spacial score (nSPS) is 11.2. The number of benzene rings is 1. The van der Waals surface area contributed by atoms with E-state index in [4.69, 9.17) is 4.42 Å². The lowest BCUT2D eigenvalue weighted by molar-refractivity contribution is 0.0998. The van der Waals surface area contributed by atoms with Gasteiger partial charge in [0.05, 0.1) is 5.69 Å². The number of hydrogen-bond donors (Lipinski definition) is 1. The predicted octanol–water partition coefficient (Wildman–Crippen LogP) is 5.64. The number of fused-ring (bicyclic) bond motifs is 1. The van der Waals surface area contributed by atoms with E-state index >= 15 is 0 Å². The van der Waals surface area contributed by atoms with Crippen LogP contribution in [0, 0.1) is 13.8 Å². The molecular weight excluding hydrogens is 358 g/mol. The summed E-state index contributed by atoms with van der Waals surface area (Å²) in [5.41, 5.74) is 5.13. The van der Waals surface area contributed by atoms with E-state index in [2.05, 4.69) is 41.7 Å². The van der Waals surface area contributed by atoms with Crippen LogP contribution in [0.3, 0.4) is 0 Å². The fraction of sp³-hybridized carbons (Fsp3) is 0.238. The van der Waals surface area contributed by atoms with Crippen LogP contribution in [0.1, 0.15) is 35.3 Å². The van der Waals surface area contributed by atoms with Gasteiger partial charge in [-0.05, 0) is 38.5 Å². The van der Waals surface area contributed by atoms with E-state index < -0.39 is 0 Å². The van der Waals surface area contributed by atoms with E-state index in [0.717, 1.165) is 29.6 Å². The van der Waals surface area contributed by atoms with E-state index in [1.165, 1.54) is 22.7 Å². The molecule has 0 spiro atoms. The van der Waals surface area contributed by atoms with Crippen LogP contribution in [0.5, 0.6) is 0 Å². The van der Waals surface area contributed by atoms with Crippen LogP contribution in [0.2, 0.25) is 0 Å². The third kappa shape index (κ3) is 3.28. The van der Waals surface area contributed by atoms with Crippen molar-refractivity contribution in [3.63, 3.8) is 0 Å². The molecule has 4 rings (SSSR count). The second-order valence-electron chi connectivity index (χ2n) is 6.58. The number of para-hydroxylation sites is 1. The van der Waals surface area contributed by atoms with Gasteiger partial charge in [0, 0.05) is 34.3 Å². The second kappa shape index (κ2) is 7.04. The van der Waals surface area contributed by atoms with Crippen molar-refractivity contribution in [2.75, 3.05) is 5.32 Å². The first-order valence-electron chi connectivity index (χ1n) is 8.99. The number of furan rings is 1. The molecule has 1 N–H and O–H groups in total. The Kier molecular flexibility index (Phi) is 4.58. The summed E-state index contributed by atoms with van der Waals surface area (Å²) in [4.78, 5) is 17.1. The molecule has 138 valence electrons. The molecule has 3 aromatic heterocycles. The van der Waals surface area contributed by atoms with Gasteiger partial charge in [0.15, 0.2) is 10.9 Å². The molecule has 0 fully saturated rings. The molecule has 0 aliphatic rings. The monoisotopic (exact) mass is 379 g/mol. The minimum Gasteiger partial charge on any atom is -0.451 e. The molecule has 0 bridgehead atoms. The Bertz CT molecular complexity index is 1090.